The lowest BCUT2D eigenvalue weighted by Gasteiger charge is -2.21. The summed E-state index contributed by atoms with van der Waals surface area (Å²) in [6.45, 7) is 1.97. The number of hydrogen-bond acceptors (Lipinski definition) is 2. The first-order valence-electron chi connectivity index (χ1n) is 6.11. The first kappa shape index (κ1) is 12.6. The summed E-state index contributed by atoms with van der Waals surface area (Å²) in [6.07, 6.45) is 0.710. The molecule has 0 aliphatic rings. The smallest absolute Gasteiger partial charge is 0.321 e. The van der Waals surface area contributed by atoms with E-state index in [4.69, 9.17) is 10.8 Å². The van der Waals surface area contributed by atoms with Gasteiger partial charge in [-0.05, 0) is 22.8 Å². The Kier molecular flexibility index (Phi) is 3.63. The van der Waals surface area contributed by atoms with E-state index in [9.17, 15) is 4.79 Å². The predicted octanol–water partition coefficient (Wildman–Crippen LogP) is 2.75. The van der Waals surface area contributed by atoms with E-state index in [-0.39, 0.29) is 5.92 Å². The second kappa shape index (κ2) is 5.19. The van der Waals surface area contributed by atoms with Crippen LogP contribution >= 0.6 is 0 Å². The van der Waals surface area contributed by atoms with Crippen molar-refractivity contribution in [1.29, 1.82) is 0 Å². The van der Waals surface area contributed by atoms with Crippen LogP contribution in [0, 0.1) is 0 Å². The van der Waals surface area contributed by atoms with Crippen LogP contribution in [-0.2, 0) is 4.79 Å². The highest BCUT2D eigenvalue weighted by Gasteiger charge is 2.25. The number of hydrogen-bond donors (Lipinski definition) is 2. The minimum Gasteiger partial charge on any atom is -0.480 e. The molecular formula is C15H17NO2. The minimum absolute atomic E-state index is 0.159. The molecule has 0 amide bonds. The molecule has 0 fully saturated rings. The fourth-order valence-corrected chi connectivity index (χ4v) is 2.41. The Labute approximate surface area is 106 Å². The van der Waals surface area contributed by atoms with Crippen LogP contribution in [0.25, 0.3) is 10.8 Å². The molecule has 3 nitrogen and oxygen atoms in total. The van der Waals surface area contributed by atoms with Gasteiger partial charge in [0.1, 0.15) is 6.04 Å². The SMILES string of the molecule is CCC(c1cccc2ccccc12)[C@H](N)C(=O)O. The predicted molar refractivity (Wildman–Crippen MR) is 72.6 cm³/mol. The third-order valence-electron chi connectivity index (χ3n) is 3.38. The minimum atomic E-state index is -0.949. The van der Waals surface area contributed by atoms with E-state index in [2.05, 4.69) is 0 Å². The Bertz CT molecular complexity index is 560. The number of aliphatic carboxylic acids is 1. The van der Waals surface area contributed by atoms with E-state index in [0.29, 0.717) is 6.42 Å². The zero-order valence-corrected chi connectivity index (χ0v) is 10.3. The summed E-state index contributed by atoms with van der Waals surface area (Å²) in [5.74, 6) is -1.11. The van der Waals surface area contributed by atoms with Crippen LogP contribution in [0.3, 0.4) is 0 Å². The van der Waals surface area contributed by atoms with Gasteiger partial charge < -0.3 is 10.8 Å². The molecule has 2 atom stereocenters. The Morgan fingerprint density at radius 2 is 1.89 bits per heavy atom. The molecule has 0 saturated carbocycles. The lowest BCUT2D eigenvalue weighted by atomic mass is 9.86. The zero-order chi connectivity index (χ0) is 13.1. The normalized spacial score (nSPS) is 14.3. The molecule has 94 valence electrons. The van der Waals surface area contributed by atoms with Crippen molar-refractivity contribution >= 4 is 16.7 Å². The monoisotopic (exact) mass is 243 g/mol. The second-order valence-electron chi connectivity index (χ2n) is 4.45. The molecule has 0 spiro atoms. The van der Waals surface area contributed by atoms with Gasteiger partial charge in [-0.1, -0.05) is 49.4 Å². The first-order chi connectivity index (χ1) is 8.65. The Morgan fingerprint density at radius 1 is 1.22 bits per heavy atom. The summed E-state index contributed by atoms with van der Waals surface area (Å²) in [4.78, 5) is 11.1. The van der Waals surface area contributed by atoms with Crippen LogP contribution in [0.15, 0.2) is 42.5 Å². The van der Waals surface area contributed by atoms with E-state index in [1.165, 1.54) is 0 Å². The van der Waals surface area contributed by atoms with Gasteiger partial charge in [0.25, 0.3) is 0 Å². The van der Waals surface area contributed by atoms with Crippen molar-refractivity contribution in [3.8, 4) is 0 Å². The highest BCUT2D eigenvalue weighted by atomic mass is 16.4. The van der Waals surface area contributed by atoms with Gasteiger partial charge in [0, 0.05) is 5.92 Å². The van der Waals surface area contributed by atoms with Crippen molar-refractivity contribution in [3.05, 3.63) is 48.0 Å². The number of carboxylic acids is 1. The van der Waals surface area contributed by atoms with Crippen LogP contribution in [0.5, 0.6) is 0 Å². The molecule has 0 aliphatic carbocycles. The summed E-state index contributed by atoms with van der Waals surface area (Å²) >= 11 is 0. The van der Waals surface area contributed by atoms with Crippen LogP contribution < -0.4 is 5.73 Å². The Balaban J connectivity index is 2.55. The van der Waals surface area contributed by atoms with E-state index >= 15 is 0 Å². The summed E-state index contributed by atoms with van der Waals surface area (Å²) in [5.41, 5.74) is 6.81. The van der Waals surface area contributed by atoms with Gasteiger partial charge >= 0.3 is 5.97 Å². The molecule has 0 heterocycles. The van der Waals surface area contributed by atoms with Gasteiger partial charge in [-0.15, -0.1) is 0 Å². The topological polar surface area (TPSA) is 63.3 Å². The van der Waals surface area contributed by atoms with Crippen molar-refractivity contribution in [1.82, 2.24) is 0 Å². The maximum atomic E-state index is 11.1. The first-order valence-corrected chi connectivity index (χ1v) is 6.11. The highest BCUT2D eigenvalue weighted by Crippen LogP contribution is 2.29. The van der Waals surface area contributed by atoms with Crippen LogP contribution in [0.2, 0.25) is 0 Å². The number of benzene rings is 2. The van der Waals surface area contributed by atoms with Gasteiger partial charge in [-0.25, -0.2) is 0 Å². The molecule has 0 aromatic heterocycles. The molecule has 3 heteroatoms. The molecule has 18 heavy (non-hydrogen) atoms. The number of fused-ring (bicyclic) bond motifs is 1. The second-order valence-corrected chi connectivity index (χ2v) is 4.45. The molecule has 2 aromatic carbocycles. The Morgan fingerprint density at radius 3 is 2.56 bits per heavy atom. The molecule has 1 unspecified atom stereocenters. The van der Waals surface area contributed by atoms with Gasteiger partial charge in [0.15, 0.2) is 0 Å². The number of carboxylic acid groups (broad SMARTS) is 1. The summed E-state index contributed by atoms with van der Waals surface area (Å²) in [5, 5.41) is 11.3. The average molecular weight is 243 g/mol. The summed E-state index contributed by atoms with van der Waals surface area (Å²) < 4.78 is 0. The van der Waals surface area contributed by atoms with E-state index in [1.807, 2.05) is 49.4 Å². The van der Waals surface area contributed by atoms with Gasteiger partial charge in [0.2, 0.25) is 0 Å². The molecule has 0 saturated heterocycles. The maximum absolute atomic E-state index is 11.1. The van der Waals surface area contributed by atoms with Crippen LogP contribution in [0.1, 0.15) is 24.8 Å². The quantitative estimate of drug-likeness (QED) is 0.867. The molecule has 0 radical (unpaired) electrons. The number of carbonyl (C=O) groups is 1. The van der Waals surface area contributed by atoms with E-state index in [0.717, 1.165) is 16.3 Å². The molecule has 0 bridgehead atoms. The molecule has 2 aromatic rings. The van der Waals surface area contributed by atoms with E-state index < -0.39 is 12.0 Å². The summed E-state index contributed by atoms with van der Waals surface area (Å²) in [7, 11) is 0. The van der Waals surface area contributed by atoms with Crippen molar-refractivity contribution in [2.75, 3.05) is 0 Å². The number of rotatable bonds is 4. The van der Waals surface area contributed by atoms with Crippen LogP contribution in [0.4, 0.5) is 0 Å². The average Bonchev–Trinajstić information content (AvgIpc) is 2.39. The van der Waals surface area contributed by atoms with Crippen molar-refractivity contribution < 1.29 is 9.90 Å². The molecule has 3 N–H and O–H groups in total. The third-order valence-corrected chi connectivity index (χ3v) is 3.38. The maximum Gasteiger partial charge on any atom is 0.321 e. The van der Waals surface area contributed by atoms with Crippen LogP contribution in [-0.4, -0.2) is 17.1 Å². The van der Waals surface area contributed by atoms with Crippen molar-refractivity contribution in [3.63, 3.8) is 0 Å². The Hall–Kier alpha value is -1.87. The number of nitrogens with two attached hydrogens (primary N) is 1. The summed E-state index contributed by atoms with van der Waals surface area (Å²) in [6, 6.07) is 13.1. The molecule has 2 rings (SSSR count). The molecule has 0 aliphatic heterocycles. The lowest BCUT2D eigenvalue weighted by Crippen LogP contribution is -2.36. The van der Waals surface area contributed by atoms with E-state index in [1.54, 1.807) is 0 Å². The lowest BCUT2D eigenvalue weighted by molar-refractivity contribution is -0.139. The third kappa shape index (κ3) is 2.22. The van der Waals surface area contributed by atoms with Crippen molar-refractivity contribution in [2.45, 2.75) is 25.3 Å². The van der Waals surface area contributed by atoms with Gasteiger partial charge in [-0.2, -0.15) is 0 Å². The highest BCUT2D eigenvalue weighted by molar-refractivity contribution is 5.87. The fourth-order valence-electron chi connectivity index (χ4n) is 2.41. The standard InChI is InChI=1S/C15H17NO2/c1-2-11(14(16)15(17)18)13-9-5-7-10-6-3-4-8-12(10)13/h3-9,11,14H,2,16H2,1H3,(H,17,18)/t11?,14-/m0/s1. The fraction of sp³-hybridized carbons (Fsp3) is 0.267. The van der Waals surface area contributed by atoms with Crippen molar-refractivity contribution in [2.24, 2.45) is 5.73 Å². The van der Waals surface area contributed by atoms with Gasteiger partial charge in [-0.3, -0.25) is 4.79 Å². The van der Waals surface area contributed by atoms with Gasteiger partial charge in [0.05, 0.1) is 0 Å². The molecular weight excluding hydrogens is 226 g/mol. The zero-order valence-electron chi connectivity index (χ0n) is 10.3. The largest absolute Gasteiger partial charge is 0.480 e.